The van der Waals surface area contributed by atoms with Gasteiger partial charge in [0.1, 0.15) is 0 Å². The predicted molar refractivity (Wildman–Crippen MR) is 67.7 cm³/mol. The van der Waals surface area contributed by atoms with Gasteiger partial charge in [0.05, 0.1) is 18.8 Å². The Labute approximate surface area is 107 Å². The quantitative estimate of drug-likeness (QED) is 0.846. The highest BCUT2D eigenvalue weighted by Crippen LogP contribution is 2.15. The number of hydrogen-bond acceptors (Lipinski definition) is 4. The van der Waals surface area contributed by atoms with Crippen molar-refractivity contribution in [1.29, 1.82) is 0 Å². The van der Waals surface area contributed by atoms with E-state index in [2.05, 4.69) is 4.98 Å². The first-order chi connectivity index (χ1) is 8.66. The number of pyridine rings is 1. The summed E-state index contributed by atoms with van der Waals surface area (Å²) in [4.78, 5) is 17.4. The number of carbonyl (C=O) groups excluding carboxylic acids is 1. The van der Waals surface area contributed by atoms with Crippen molar-refractivity contribution in [3.05, 3.63) is 30.1 Å². The number of aromatic nitrogens is 1. The van der Waals surface area contributed by atoms with E-state index in [0.29, 0.717) is 13.2 Å². The molecule has 5 heteroatoms. The Morgan fingerprint density at radius 1 is 1.61 bits per heavy atom. The summed E-state index contributed by atoms with van der Waals surface area (Å²) in [6.07, 6.45) is 4.49. The second-order valence-corrected chi connectivity index (χ2v) is 4.65. The number of ether oxygens (including phenoxy) is 1. The molecular formula is C13H19N3O2. The highest BCUT2D eigenvalue weighted by molar-refractivity contribution is 5.81. The number of amides is 1. The summed E-state index contributed by atoms with van der Waals surface area (Å²) in [5, 5.41) is 0. The molecule has 98 valence electrons. The second-order valence-electron chi connectivity index (χ2n) is 4.65. The molecule has 2 rings (SSSR count). The Morgan fingerprint density at radius 2 is 2.33 bits per heavy atom. The molecule has 1 unspecified atom stereocenters. The summed E-state index contributed by atoms with van der Waals surface area (Å²) < 4.78 is 5.79. The number of likely N-dealkylation sites (tertiary alicyclic amines) is 1. The number of carbonyl (C=O) groups is 1. The van der Waals surface area contributed by atoms with Gasteiger partial charge < -0.3 is 15.4 Å². The largest absolute Gasteiger partial charge is 0.372 e. The Morgan fingerprint density at radius 3 is 3.00 bits per heavy atom. The lowest BCUT2D eigenvalue weighted by molar-refractivity contribution is -0.131. The van der Waals surface area contributed by atoms with Crippen molar-refractivity contribution in [2.45, 2.75) is 32.1 Å². The number of rotatable bonds is 4. The second kappa shape index (κ2) is 5.93. The topological polar surface area (TPSA) is 68.5 Å². The van der Waals surface area contributed by atoms with Gasteiger partial charge in [-0.2, -0.15) is 0 Å². The molecule has 2 atom stereocenters. The third-order valence-electron chi connectivity index (χ3n) is 3.08. The summed E-state index contributed by atoms with van der Waals surface area (Å²) in [7, 11) is 0. The molecule has 2 N–H and O–H groups in total. The lowest BCUT2D eigenvalue weighted by atomic mass is 10.3. The molecule has 0 bridgehead atoms. The smallest absolute Gasteiger partial charge is 0.239 e. The van der Waals surface area contributed by atoms with E-state index in [1.807, 2.05) is 12.1 Å². The molecule has 0 saturated carbocycles. The fraction of sp³-hybridized carbons (Fsp3) is 0.538. The van der Waals surface area contributed by atoms with Gasteiger partial charge in [-0.25, -0.2) is 0 Å². The Hall–Kier alpha value is -1.46. The van der Waals surface area contributed by atoms with Gasteiger partial charge in [-0.3, -0.25) is 9.78 Å². The Bertz CT molecular complexity index is 394. The van der Waals surface area contributed by atoms with Crippen molar-refractivity contribution in [3.63, 3.8) is 0 Å². The van der Waals surface area contributed by atoms with Crippen LogP contribution in [-0.2, 0) is 16.1 Å². The van der Waals surface area contributed by atoms with E-state index in [0.717, 1.165) is 18.5 Å². The standard InChI is InChI=1S/C13H19N3O2/c1-10(14)13(17)16-7-4-12(8-16)18-9-11-2-5-15-6-3-11/h2-3,5-6,10,12H,4,7-9,14H2,1H3/t10-,12?/m1/s1. The minimum absolute atomic E-state index is 0.00464. The molecule has 1 aromatic heterocycles. The molecule has 1 fully saturated rings. The van der Waals surface area contributed by atoms with Crippen LogP contribution in [0.25, 0.3) is 0 Å². The highest BCUT2D eigenvalue weighted by atomic mass is 16.5. The fourth-order valence-electron chi connectivity index (χ4n) is 2.05. The van der Waals surface area contributed by atoms with Crippen LogP contribution in [0.2, 0.25) is 0 Å². The van der Waals surface area contributed by atoms with E-state index in [9.17, 15) is 4.79 Å². The zero-order chi connectivity index (χ0) is 13.0. The van der Waals surface area contributed by atoms with E-state index in [4.69, 9.17) is 10.5 Å². The molecule has 0 radical (unpaired) electrons. The predicted octanol–water partition coefficient (Wildman–Crippen LogP) is 0.546. The van der Waals surface area contributed by atoms with E-state index < -0.39 is 6.04 Å². The van der Waals surface area contributed by atoms with E-state index in [-0.39, 0.29) is 12.0 Å². The maximum absolute atomic E-state index is 11.7. The van der Waals surface area contributed by atoms with E-state index >= 15 is 0 Å². The SMILES string of the molecule is C[C@@H](N)C(=O)N1CCC(OCc2ccncc2)C1. The van der Waals surface area contributed by atoms with Crippen molar-refractivity contribution >= 4 is 5.91 Å². The van der Waals surface area contributed by atoms with Gasteiger partial charge in [0.2, 0.25) is 5.91 Å². The lowest BCUT2D eigenvalue weighted by Gasteiger charge is -2.18. The first-order valence-electron chi connectivity index (χ1n) is 6.21. The maximum Gasteiger partial charge on any atom is 0.239 e. The monoisotopic (exact) mass is 249 g/mol. The van der Waals surface area contributed by atoms with Crippen molar-refractivity contribution in [3.8, 4) is 0 Å². The molecule has 1 aromatic rings. The maximum atomic E-state index is 11.7. The Balaban J connectivity index is 1.78. The Kier molecular flexibility index (Phi) is 4.28. The summed E-state index contributed by atoms with van der Waals surface area (Å²) in [5.74, 6) is 0.00464. The minimum atomic E-state index is -0.427. The van der Waals surface area contributed by atoms with Crippen LogP contribution in [0, 0.1) is 0 Å². The molecule has 0 aliphatic carbocycles. The molecule has 1 aliphatic rings. The van der Waals surface area contributed by atoms with Crippen LogP contribution < -0.4 is 5.73 Å². The van der Waals surface area contributed by atoms with Crippen LogP contribution in [0.3, 0.4) is 0 Å². The van der Waals surface area contributed by atoms with E-state index in [1.165, 1.54) is 0 Å². The average Bonchev–Trinajstić information content (AvgIpc) is 2.85. The van der Waals surface area contributed by atoms with Crippen molar-refractivity contribution in [2.24, 2.45) is 5.73 Å². The number of hydrogen-bond donors (Lipinski definition) is 1. The van der Waals surface area contributed by atoms with Gasteiger partial charge in [0.25, 0.3) is 0 Å². The summed E-state index contributed by atoms with van der Waals surface area (Å²) in [5.41, 5.74) is 6.69. The van der Waals surface area contributed by atoms with Crippen LogP contribution in [-0.4, -0.2) is 41.0 Å². The molecule has 0 spiro atoms. The summed E-state index contributed by atoms with van der Waals surface area (Å²) in [6.45, 7) is 3.66. The normalized spacial score (nSPS) is 21.0. The number of nitrogens with zero attached hydrogens (tertiary/aromatic N) is 2. The van der Waals surface area contributed by atoms with Gasteiger partial charge in [0.15, 0.2) is 0 Å². The van der Waals surface area contributed by atoms with Gasteiger partial charge in [-0.1, -0.05) is 0 Å². The number of nitrogens with two attached hydrogens (primary N) is 1. The lowest BCUT2D eigenvalue weighted by Crippen LogP contribution is -2.41. The molecule has 18 heavy (non-hydrogen) atoms. The van der Waals surface area contributed by atoms with Crippen molar-refractivity contribution < 1.29 is 9.53 Å². The van der Waals surface area contributed by atoms with Gasteiger partial charge in [0, 0.05) is 25.5 Å². The molecule has 1 saturated heterocycles. The van der Waals surface area contributed by atoms with Crippen LogP contribution in [0.15, 0.2) is 24.5 Å². The molecule has 2 heterocycles. The molecular weight excluding hydrogens is 230 g/mol. The van der Waals surface area contributed by atoms with E-state index in [1.54, 1.807) is 24.2 Å². The highest BCUT2D eigenvalue weighted by Gasteiger charge is 2.28. The average molecular weight is 249 g/mol. The van der Waals surface area contributed by atoms with Crippen LogP contribution in [0.5, 0.6) is 0 Å². The van der Waals surface area contributed by atoms with Gasteiger partial charge in [-0.15, -0.1) is 0 Å². The van der Waals surface area contributed by atoms with Crippen molar-refractivity contribution in [2.75, 3.05) is 13.1 Å². The molecule has 0 aromatic carbocycles. The van der Waals surface area contributed by atoms with Crippen LogP contribution >= 0.6 is 0 Å². The summed E-state index contributed by atoms with van der Waals surface area (Å²) >= 11 is 0. The third kappa shape index (κ3) is 3.27. The van der Waals surface area contributed by atoms with Crippen LogP contribution in [0.1, 0.15) is 18.9 Å². The zero-order valence-electron chi connectivity index (χ0n) is 10.6. The first-order valence-corrected chi connectivity index (χ1v) is 6.21. The molecule has 1 amide bonds. The molecule has 1 aliphatic heterocycles. The van der Waals surface area contributed by atoms with Crippen molar-refractivity contribution in [1.82, 2.24) is 9.88 Å². The third-order valence-corrected chi connectivity index (χ3v) is 3.08. The van der Waals surface area contributed by atoms with Crippen LogP contribution in [0.4, 0.5) is 0 Å². The van der Waals surface area contributed by atoms with Gasteiger partial charge in [-0.05, 0) is 31.0 Å². The minimum Gasteiger partial charge on any atom is -0.372 e. The molecule has 5 nitrogen and oxygen atoms in total. The first kappa shape index (κ1) is 13.0. The van der Waals surface area contributed by atoms with Gasteiger partial charge >= 0.3 is 0 Å². The fourth-order valence-corrected chi connectivity index (χ4v) is 2.05. The summed E-state index contributed by atoms with van der Waals surface area (Å²) in [6, 6.07) is 3.43. The zero-order valence-corrected chi connectivity index (χ0v) is 10.6.